The summed E-state index contributed by atoms with van der Waals surface area (Å²) in [5, 5.41) is 0. The van der Waals surface area contributed by atoms with Crippen LogP contribution >= 0.6 is 0 Å². The summed E-state index contributed by atoms with van der Waals surface area (Å²) in [6.45, 7) is 6.32. The lowest BCUT2D eigenvalue weighted by atomic mass is 10.0. The second kappa shape index (κ2) is 60.9. The van der Waals surface area contributed by atoms with Crippen molar-refractivity contribution in [3.63, 3.8) is 0 Å². The normalized spacial score (nSPS) is 12.8. The van der Waals surface area contributed by atoms with Crippen molar-refractivity contribution in [3.8, 4) is 0 Å². The maximum absolute atomic E-state index is 12.8. The summed E-state index contributed by atoms with van der Waals surface area (Å²) >= 11 is 0. The highest BCUT2D eigenvalue weighted by Gasteiger charge is 2.19. The first-order valence-electron chi connectivity index (χ1n) is 30.7. The van der Waals surface area contributed by atoms with Crippen LogP contribution < -0.4 is 0 Å². The van der Waals surface area contributed by atoms with E-state index in [1.165, 1.54) is 154 Å². The van der Waals surface area contributed by atoms with Crippen LogP contribution in [0.25, 0.3) is 0 Å². The van der Waals surface area contributed by atoms with E-state index in [9.17, 15) is 14.4 Å². The molecule has 418 valence electrons. The van der Waals surface area contributed by atoms with Gasteiger partial charge in [-0.2, -0.15) is 0 Å². The molecule has 0 aliphatic heterocycles. The standard InChI is InChI=1S/C67H114O6/c1-4-7-10-13-16-19-22-25-27-28-29-30-31-32-33-34-35-36-37-38-40-42-45-48-51-54-57-60-66(69)72-63-64(62-71-65(68)59-56-53-50-47-44-41-24-21-18-15-12-9-6-3)73-67(70)61-58-55-52-49-46-43-39-26-23-20-17-14-11-8-5-2/h8-9,11-12,17-18,20-21,26,39,41,44,46,49,55,58,64H,4-7,10,13-16,19,22-25,27-38,40,42-43,45,47-48,50-54,56-57,59-63H2,1-3H3/b11-8-,12-9-,20-17-,21-18-,39-26-,44-41-,49-46-,58-55-. The van der Waals surface area contributed by atoms with Gasteiger partial charge in [-0.05, 0) is 77.0 Å². The van der Waals surface area contributed by atoms with Crippen LogP contribution in [-0.4, -0.2) is 37.2 Å². The smallest absolute Gasteiger partial charge is 0.310 e. The lowest BCUT2D eigenvalue weighted by Gasteiger charge is -2.18. The topological polar surface area (TPSA) is 78.9 Å². The maximum Gasteiger partial charge on any atom is 0.310 e. The van der Waals surface area contributed by atoms with Gasteiger partial charge in [-0.15, -0.1) is 0 Å². The summed E-state index contributed by atoms with van der Waals surface area (Å²) in [5.41, 5.74) is 0. The molecule has 0 rings (SSSR count). The van der Waals surface area contributed by atoms with E-state index in [1.807, 2.05) is 6.08 Å². The zero-order valence-electron chi connectivity index (χ0n) is 47.9. The molecule has 0 aromatic carbocycles. The first-order valence-corrected chi connectivity index (χ1v) is 30.7. The minimum absolute atomic E-state index is 0.0898. The molecule has 0 aromatic rings. The summed E-state index contributed by atoms with van der Waals surface area (Å²) in [4.78, 5) is 38.1. The van der Waals surface area contributed by atoms with Crippen molar-refractivity contribution in [2.45, 2.75) is 297 Å². The number of carbonyl (C=O) groups is 3. The predicted molar refractivity (Wildman–Crippen MR) is 316 cm³/mol. The zero-order valence-corrected chi connectivity index (χ0v) is 47.9. The van der Waals surface area contributed by atoms with Gasteiger partial charge in [0.15, 0.2) is 6.10 Å². The van der Waals surface area contributed by atoms with E-state index in [2.05, 4.69) is 106 Å². The van der Waals surface area contributed by atoms with Crippen LogP contribution in [0.1, 0.15) is 290 Å². The lowest BCUT2D eigenvalue weighted by molar-refractivity contribution is -0.166. The molecule has 0 spiro atoms. The molecule has 0 aliphatic rings. The van der Waals surface area contributed by atoms with Crippen molar-refractivity contribution in [1.82, 2.24) is 0 Å². The number of ether oxygens (including phenoxy) is 3. The molecule has 0 fully saturated rings. The van der Waals surface area contributed by atoms with Gasteiger partial charge in [0.2, 0.25) is 0 Å². The van der Waals surface area contributed by atoms with Gasteiger partial charge >= 0.3 is 17.9 Å². The third-order valence-corrected chi connectivity index (χ3v) is 13.1. The highest BCUT2D eigenvalue weighted by atomic mass is 16.6. The van der Waals surface area contributed by atoms with Crippen LogP contribution in [0.2, 0.25) is 0 Å². The minimum atomic E-state index is -0.844. The molecule has 1 unspecified atom stereocenters. The monoisotopic (exact) mass is 1010 g/mol. The second-order valence-electron chi connectivity index (χ2n) is 20.2. The molecule has 1 atom stereocenters. The Morgan fingerprint density at radius 2 is 0.575 bits per heavy atom. The molecular weight excluding hydrogens is 901 g/mol. The van der Waals surface area contributed by atoms with E-state index in [0.29, 0.717) is 19.3 Å². The average Bonchev–Trinajstić information content (AvgIpc) is 3.39. The molecule has 0 bridgehead atoms. The molecule has 0 aromatic heterocycles. The van der Waals surface area contributed by atoms with Crippen molar-refractivity contribution >= 4 is 17.9 Å². The Bertz CT molecular complexity index is 1440. The highest BCUT2D eigenvalue weighted by Crippen LogP contribution is 2.17. The second-order valence-corrected chi connectivity index (χ2v) is 20.2. The fourth-order valence-electron chi connectivity index (χ4n) is 8.59. The van der Waals surface area contributed by atoms with Crippen LogP contribution in [-0.2, 0) is 28.6 Å². The lowest BCUT2D eigenvalue weighted by Crippen LogP contribution is -2.30. The van der Waals surface area contributed by atoms with Crippen LogP contribution in [0.4, 0.5) is 0 Å². The average molecular weight is 1020 g/mol. The van der Waals surface area contributed by atoms with Crippen molar-refractivity contribution in [2.24, 2.45) is 0 Å². The molecule has 0 aliphatic carbocycles. The van der Waals surface area contributed by atoms with Gasteiger partial charge < -0.3 is 14.2 Å². The summed E-state index contributed by atoms with van der Waals surface area (Å²) in [5.74, 6) is -1.08. The van der Waals surface area contributed by atoms with E-state index < -0.39 is 12.1 Å². The zero-order chi connectivity index (χ0) is 52.9. The summed E-state index contributed by atoms with van der Waals surface area (Å²) in [6.07, 6.45) is 81.8. The molecule has 6 heteroatoms. The van der Waals surface area contributed by atoms with Crippen molar-refractivity contribution in [2.75, 3.05) is 13.2 Å². The van der Waals surface area contributed by atoms with E-state index in [4.69, 9.17) is 14.2 Å². The summed E-state index contributed by atoms with van der Waals surface area (Å²) in [7, 11) is 0. The van der Waals surface area contributed by atoms with Gasteiger partial charge in [-0.1, -0.05) is 291 Å². The minimum Gasteiger partial charge on any atom is -0.462 e. The quantitative estimate of drug-likeness (QED) is 0.0261. The Morgan fingerprint density at radius 1 is 0.301 bits per heavy atom. The number of hydrogen-bond acceptors (Lipinski definition) is 6. The SMILES string of the molecule is CC/C=C\C/C=C\C/C=C\C/C=C\C/C=C\CC(=O)OC(COC(=O)CCCCC/C=C\C/C=C\C/C=C\CC)COC(=O)CCCCCCCCCCCCCCCCCCCCCCCCCCCCC. The fourth-order valence-corrected chi connectivity index (χ4v) is 8.59. The highest BCUT2D eigenvalue weighted by molar-refractivity contribution is 5.72. The van der Waals surface area contributed by atoms with Gasteiger partial charge in [0.1, 0.15) is 13.2 Å². The summed E-state index contributed by atoms with van der Waals surface area (Å²) < 4.78 is 16.7. The van der Waals surface area contributed by atoms with Crippen molar-refractivity contribution in [3.05, 3.63) is 97.2 Å². The molecular formula is C67H114O6. The Balaban J connectivity index is 4.30. The Kier molecular flexibility index (Phi) is 57.8. The van der Waals surface area contributed by atoms with Crippen molar-refractivity contribution in [1.29, 1.82) is 0 Å². The summed E-state index contributed by atoms with van der Waals surface area (Å²) in [6, 6.07) is 0. The molecule has 0 radical (unpaired) electrons. The van der Waals surface area contributed by atoms with E-state index in [-0.39, 0.29) is 31.6 Å². The maximum atomic E-state index is 12.8. The van der Waals surface area contributed by atoms with Gasteiger partial charge in [0.25, 0.3) is 0 Å². The predicted octanol–water partition coefficient (Wildman–Crippen LogP) is 20.9. The number of hydrogen-bond donors (Lipinski definition) is 0. The molecule has 0 heterocycles. The Labute approximate surface area is 451 Å². The van der Waals surface area contributed by atoms with Gasteiger partial charge in [-0.3, -0.25) is 14.4 Å². The number of esters is 3. The first-order chi connectivity index (χ1) is 36.0. The number of unbranched alkanes of at least 4 members (excludes halogenated alkanes) is 29. The van der Waals surface area contributed by atoms with Crippen LogP contribution in [0.3, 0.4) is 0 Å². The van der Waals surface area contributed by atoms with Gasteiger partial charge in [0.05, 0.1) is 6.42 Å². The van der Waals surface area contributed by atoms with E-state index >= 15 is 0 Å². The molecule has 0 saturated heterocycles. The molecule has 6 nitrogen and oxygen atoms in total. The molecule has 0 saturated carbocycles. The largest absolute Gasteiger partial charge is 0.462 e. The van der Waals surface area contributed by atoms with Crippen LogP contribution in [0.5, 0.6) is 0 Å². The number of rotatable bonds is 55. The molecule has 0 amide bonds. The van der Waals surface area contributed by atoms with E-state index in [1.54, 1.807) is 6.08 Å². The number of allylic oxidation sites excluding steroid dienone is 15. The fraction of sp³-hybridized carbons (Fsp3) is 0.716. The Morgan fingerprint density at radius 3 is 0.904 bits per heavy atom. The van der Waals surface area contributed by atoms with Crippen LogP contribution in [0.15, 0.2) is 97.2 Å². The molecule has 0 N–H and O–H groups in total. The third kappa shape index (κ3) is 59.1. The van der Waals surface area contributed by atoms with Crippen LogP contribution in [0, 0.1) is 0 Å². The van der Waals surface area contributed by atoms with Gasteiger partial charge in [-0.25, -0.2) is 0 Å². The Hall–Kier alpha value is -3.67. The third-order valence-electron chi connectivity index (χ3n) is 13.1. The first kappa shape index (κ1) is 69.3. The number of carbonyl (C=O) groups excluding carboxylic acids is 3. The molecule has 73 heavy (non-hydrogen) atoms. The van der Waals surface area contributed by atoms with E-state index in [0.717, 1.165) is 89.9 Å². The van der Waals surface area contributed by atoms with Crippen molar-refractivity contribution < 1.29 is 28.6 Å². The van der Waals surface area contributed by atoms with Gasteiger partial charge in [0, 0.05) is 12.8 Å².